The molecule has 15 heavy (non-hydrogen) atoms. The summed E-state index contributed by atoms with van der Waals surface area (Å²) in [5, 5.41) is 3.09. The van der Waals surface area contributed by atoms with Gasteiger partial charge in [-0.2, -0.15) is 0 Å². The number of rotatable bonds is 8. The van der Waals surface area contributed by atoms with Crippen LogP contribution in [0.15, 0.2) is 0 Å². The summed E-state index contributed by atoms with van der Waals surface area (Å²) in [6, 6.07) is 0.405. The summed E-state index contributed by atoms with van der Waals surface area (Å²) in [4.78, 5) is 0. The maximum atomic E-state index is 11.6. The minimum absolute atomic E-state index is 0.0778. The van der Waals surface area contributed by atoms with Crippen LogP contribution in [0.25, 0.3) is 0 Å². The maximum absolute atomic E-state index is 11.6. The van der Waals surface area contributed by atoms with Crippen molar-refractivity contribution in [1.82, 2.24) is 10.0 Å². The van der Waals surface area contributed by atoms with E-state index in [0.717, 1.165) is 12.8 Å². The number of hydrogen-bond acceptors (Lipinski definition) is 3. The van der Waals surface area contributed by atoms with Gasteiger partial charge in [-0.3, -0.25) is 0 Å². The first-order valence-electron chi connectivity index (χ1n) is 5.64. The molecule has 0 saturated carbocycles. The molecule has 5 heteroatoms. The summed E-state index contributed by atoms with van der Waals surface area (Å²) in [7, 11) is -3.11. The molecule has 0 rings (SSSR count). The Balaban J connectivity index is 3.96. The zero-order valence-corrected chi connectivity index (χ0v) is 11.0. The van der Waals surface area contributed by atoms with E-state index in [0.29, 0.717) is 12.6 Å². The lowest BCUT2D eigenvalue weighted by molar-refractivity contribution is 0.525. The van der Waals surface area contributed by atoms with Crippen molar-refractivity contribution in [3.63, 3.8) is 0 Å². The normalized spacial score (nSPS) is 12.7. The highest BCUT2D eigenvalue weighted by Crippen LogP contribution is 1.99. The highest BCUT2D eigenvalue weighted by atomic mass is 32.2. The third-order valence-electron chi connectivity index (χ3n) is 2.26. The number of sulfonamides is 1. The molecule has 0 atom stereocenters. The van der Waals surface area contributed by atoms with Gasteiger partial charge in [0.1, 0.15) is 0 Å². The van der Waals surface area contributed by atoms with Gasteiger partial charge >= 0.3 is 0 Å². The van der Waals surface area contributed by atoms with Crippen molar-refractivity contribution in [2.45, 2.75) is 52.6 Å². The van der Waals surface area contributed by atoms with Crippen molar-refractivity contribution >= 4 is 10.0 Å². The van der Waals surface area contributed by atoms with Crippen LogP contribution in [0.3, 0.4) is 0 Å². The van der Waals surface area contributed by atoms with Crippen molar-refractivity contribution < 1.29 is 8.42 Å². The lowest BCUT2D eigenvalue weighted by Gasteiger charge is -2.15. The van der Waals surface area contributed by atoms with Gasteiger partial charge in [-0.15, -0.1) is 0 Å². The summed E-state index contributed by atoms with van der Waals surface area (Å²) in [6.07, 6.45) is 1.68. The molecule has 0 aromatic heterocycles. The molecule has 0 unspecified atom stereocenters. The molecule has 92 valence electrons. The van der Waals surface area contributed by atoms with Crippen LogP contribution in [0, 0.1) is 0 Å². The van der Waals surface area contributed by atoms with E-state index in [-0.39, 0.29) is 11.8 Å². The molecule has 0 saturated heterocycles. The van der Waals surface area contributed by atoms with E-state index in [9.17, 15) is 8.42 Å². The van der Waals surface area contributed by atoms with Crippen LogP contribution in [0.2, 0.25) is 0 Å². The summed E-state index contributed by atoms with van der Waals surface area (Å²) < 4.78 is 25.9. The van der Waals surface area contributed by atoms with Gasteiger partial charge in [-0.25, -0.2) is 13.1 Å². The molecule has 0 bridgehead atoms. The molecule has 0 spiro atoms. The molecule has 0 radical (unpaired) electrons. The van der Waals surface area contributed by atoms with E-state index in [4.69, 9.17) is 0 Å². The Labute approximate surface area is 93.9 Å². The average molecular weight is 236 g/mol. The molecular formula is C10H24N2O2S. The van der Waals surface area contributed by atoms with Gasteiger partial charge in [0.05, 0.1) is 5.75 Å². The van der Waals surface area contributed by atoms with Crippen LogP contribution in [-0.2, 0) is 10.0 Å². The minimum Gasteiger partial charge on any atom is -0.313 e. The van der Waals surface area contributed by atoms with Gasteiger partial charge in [0.15, 0.2) is 0 Å². The van der Waals surface area contributed by atoms with E-state index in [2.05, 4.69) is 10.0 Å². The molecule has 0 amide bonds. The Bertz CT molecular complexity index is 246. The highest BCUT2D eigenvalue weighted by molar-refractivity contribution is 7.89. The van der Waals surface area contributed by atoms with Gasteiger partial charge in [-0.05, 0) is 12.8 Å². The molecule has 0 aliphatic heterocycles. The first kappa shape index (κ1) is 14.9. The monoisotopic (exact) mass is 236 g/mol. The van der Waals surface area contributed by atoms with Crippen LogP contribution in [0.5, 0.6) is 0 Å². The van der Waals surface area contributed by atoms with E-state index >= 15 is 0 Å². The molecular weight excluding hydrogens is 212 g/mol. The zero-order valence-electron chi connectivity index (χ0n) is 10.2. The topological polar surface area (TPSA) is 58.2 Å². The minimum atomic E-state index is -3.11. The summed E-state index contributed by atoms with van der Waals surface area (Å²) in [5.74, 6) is 0.154. The Kier molecular flexibility index (Phi) is 7.13. The maximum Gasteiger partial charge on any atom is 0.213 e. The van der Waals surface area contributed by atoms with Crippen molar-refractivity contribution in [3.8, 4) is 0 Å². The molecule has 0 aliphatic carbocycles. The third-order valence-corrected chi connectivity index (χ3v) is 3.69. The molecule has 0 aromatic carbocycles. The molecule has 0 heterocycles. The first-order chi connectivity index (χ1) is 6.91. The molecule has 0 aromatic rings. The van der Waals surface area contributed by atoms with Crippen molar-refractivity contribution in [2.75, 3.05) is 12.3 Å². The Morgan fingerprint density at radius 3 is 2.07 bits per heavy atom. The van der Waals surface area contributed by atoms with E-state index in [1.54, 1.807) is 0 Å². The second-order valence-electron chi connectivity index (χ2n) is 4.06. The van der Waals surface area contributed by atoms with Crippen molar-refractivity contribution in [1.29, 1.82) is 0 Å². The van der Waals surface area contributed by atoms with E-state index in [1.165, 1.54) is 0 Å². The second-order valence-corrected chi connectivity index (χ2v) is 5.93. The van der Waals surface area contributed by atoms with Gasteiger partial charge in [0, 0.05) is 18.6 Å². The third kappa shape index (κ3) is 7.76. The molecule has 0 aliphatic rings. The van der Waals surface area contributed by atoms with Gasteiger partial charge in [0.2, 0.25) is 10.0 Å². The second kappa shape index (κ2) is 7.19. The largest absolute Gasteiger partial charge is 0.313 e. The average Bonchev–Trinajstić information content (AvgIpc) is 2.13. The van der Waals surface area contributed by atoms with Crippen molar-refractivity contribution in [2.24, 2.45) is 0 Å². The summed E-state index contributed by atoms with van der Waals surface area (Å²) in [5.41, 5.74) is 0. The Morgan fingerprint density at radius 2 is 1.67 bits per heavy atom. The fraction of sp³-hybridized carbons (Fsp3) is 1.00. The highest BCUT2D eigenvalue weighted by Gasteiger charge is 2.14. The predicted molar refractivity (Wildman–Crippen MR) is 64.4 cm³/mol. The summed E-state index contributed by atoms with van der Waals surface area (Å²) in [6.45, 7) is 8.49. The fourth-order valence-electron chi connectivity index (χ4n) is 1.25. The van der Waals surface area contributed by atoms with Gasteiger partial charge in [-0.1, -0.05) is 27.7 Å². The number of nitrogens with one attached hydrogen (secondary N) is 2. The van der Waals surface area contributed by atoms with Crippen LogP contribution < -0.4 is 10.0 Å². The first-order valence-corrected chi connectivity index (χ1v) is 7.29. The predicted octanol–water partition coefficient (Wildman–Crippen LogP) is 1.09. The quantitative estimate of drug-likeness (QED) is 0.663. The Hall–Kier alpha value is -0.130. The lowest BCUT2D eigenvalue weighted by Crippen LogP contribution is -2.39. The van der Waals surface area contributed by atoms with Crippen molar-refractivity contribution in [3.05, 3.63) is 0 Å². The van der Waals surface area contributed by atoms with Gasteiger partial charge < -0.3 is 5.32 Å². The standard InChI is InChI=1S/C10H24N2O2S/c1-5-10(6-2)12-15(13,14)8-7-11-9(3)4/h9-12H,5-8H2,1-4H3. The van der Waals surface area contributed by atoms with Crippen LogP contribution in [-0.4, -0.2) is 32.8 Å². The zero-order chi connectivity index (χ0) is 11.9. The van der Waals surface area contributed by atoms with Crippen LogP contribution in [0.1, 0.15) is 40.5 Å². The smallest absolute Gasteiger partial charge is 0.213 e. The van der Waals surface area contributed by atoms with Gasteiger partial charge in [0.25, 0.3) is 0 Å². The van der Waals surface area contributed by atoms with E-state index < -0.39 is 10.0 Å². The molecule has 2 N–H and O–H groups in total. The number of hydrogen-bond donors (Lipinski definition) is 2. The lowest BCUT2D eigenvalue weighted by atomic mass is 10.2. The molecule has 4 nitrogen and oxygen atoms in total. The Morgan fingerprint density at radius 1 is 1.13 bits per heavy atom. The van der Waals surface area contributed by atoms with Crippen LogP contribution >= 0.6 is 0 Å². The van der Waals surface area contributed by atoms with Crippen LogP contribution in [0.4, 0.5) is 0 Å². The fourth-order valence-corrected chi connectivity index (χ4v) is 2.60. The van der Waals surface area contributed by atoms with E-state index in [1.807, 2.05) is 27.7 Å². The SMILES string of the molecule is CCC(CC)NS(=O)(=O)CCNC(C)C. The molecule has 0 fully saturated rings. The summed E-state index contributed by atoms with van der Waals surface area (Å²) >= 11 is 0.